The molecular formula is C15H18N2O2. The number of hydrogen-bond acceptors (Lipinski definition) is 2. The Labute approximate surface area is 112 Å². The highest BCUT2D eigenvalue weighted by atomic mass is 16.5. The standard InChI is InChI=1S/C15H18N2O2/c1-3-8-17(9-10-19-2)15(18)14-11-12-6-4-5-7-13(12)16-14/h3-7,11,16H,1,8-10H2,2H3. The number of aromatic amines is 1. The van der Waals surface area contributed by atoms with E-state index in [4.69, 9.17) is 4.74 Å². The number of carbonyl (C=O) groups excluding carboxylic acids is 1. The number of methoxy groups -OCH3 is 1. The summed E-state index contributed by atoms with van der Waals surface area (Å²) in [4.78, 5) is 17.3. The number of rotatable bonds is 6. The number of nitrogens with zero attached hydrogens (tertiary/aromatic N) is 1. The predicted octanol–water partition coefficient (Wildman–Crippen LogP) is 2.44. The molecule has 19 heavy (non-hydrogen) atoms. The number of hydrogen-bond donors (Lipinski definition) is 1. The summed E-state index contributed by atoms with van der Waals surface area (Å²) in [6, 6.07) is 9.71. The molecule has 2 rings (SSSR count). The Hall–Kier alpha value is -2.07. The van der Waals surface area contributed by atoms with Crippen molar-refractivity contribution in [2.24, 2.45) is 0 Å². The zero-order valence-electron chi connectivity index (χ0n) is 11.1. The molecule has 0 aliphatic carbocycles. The van der Waals surface area contributed by atoms with E-state index in [9.17, 15) is 4.79 Å². The van der Waals surface area contributed by atoms with Crippen molar-refractivity contribution < 1.29 is 9.53 Å². The summed E-state index contributed by atoms with van der Waals surface area (Å²) in [5.41, 5.74) is 1.57. The fourth-order valence-corrected chi connectivity index (χ4v) is 1.99. The van der Waals surface area contributed by atoms with Gasteiger partial charge < -0.3 is 14.6 Å². The van der Waals surface area contributed by atoms with Gasteiger partial charge in [-0.15, -0.1) is 6.58 Å². The third-order valence-electron chi connectivity index (χ3n) is 2.96. The molecule has 4 heteroatoms. The van der Waals surface area contributed by atoms with Crippen LogP contribution in [0.2, 0.25) is 0 Å². The fourth-order valence-electron chi connectivity index (χ4n) is 1.99. The van der Waals surface area contributed by atoms with E-state index in [1.54, 1.807) is 18.1 Å². The maximum atomic E-state index is 12.4. The number of aromatic nitrogens is 1. The molecule has 1 N–H and O–H groups in total. The van der Waals surface area contributed by atoms with Gasteiger partial charge in [-0.25, -0.2) is 0 Å². The Balaban J connectivity index is 2.22. The van der Waals surface area contributed by atoms with Gasteiger partial charge in [0.1, 0.15) is 5.69 Å². The molecule has 0 radical (unpaired) electrons. The maximum Gasteiger partial charge on any atom is 0.270 e. The average molecular weight is 258 g/mol. The predicted molar refractivity (Wildman–Crippen MR) is 76.3 cm³/mol. The molecule has 0 bridgehead atoms. The number of carbonyl (C=O) groups is 1. The summed E-state index contributed by atoms with van der Waals surface area (Å²) in [6.07, 6.45) is 1.72. The minimum absolute atomic E-state index is 0.0341. The van der Waals surface area contributed by atoms with E-state index in [0.717, 1.165) is 10.9 Å². The van der Waals surface area contributed by atoms with E-state index in [1.165, 1.54) is 0 Å². The molecule has 0 spiro atoms. The number of amides is 1. The summed E-state index contributed by atoms with van der Waals surface area (Å²) in [7, 11) is 1.62. The first-order valence-electron chi connectivity index (χ1n) is 6.23. The van der Waals surface area contributed by atoms with Crippen LogP contribution in [0.15, 0.2) is 43.0 Å². The van der Waals surface area contributed by atoms with Crippen LogP contribution in [0.4, 0.5) is 0 Å². The van der Waals surface area contributed by atoms with E-state index >= 15 is 0 Å². The summed E-state index contributed by atoms with van der Waals surface area (Å²) in [6.45, 7) is 5.26. The summed E-state index contributed by atoms with van der Waals surface area (Å²) in [5, 5.41) is 1.04. The molecule has 1 aromatic carbocycles. The van der Waals surface area contributed by atoms with E-state index < -0.39 is 0 Å². The zero-order chi connectivity index (χ0) is 13.7. The third kappa shape index (κ3) is 3.03. The first-order valence-corrected chi connectivity index (χ1v) is 6.23. The lowest BCUT2D eigenvalue weighted by molar-refractivity contribution is 0.0713. The smallest absolute Gasteiger partial charge is 0.270 e. The van der Waals surface area contributed by atoms with Gasteiger partial charge in [-0.05, 0) is 12.1 Å². The first-order chi connectivity index (χ1) is 9.26. The van der Waals surface area contributed by atoms with Crippen molar-refractivity contribution in [1.82, 2.24) is 9.88 Å². The second-order valence-corrected chi connectivity index (χ2v) is 4.30. The van der Waals surface area contributed by atoms with Crippen molar-refractivity contribution in [1.29, 1.82) is 0 Å². The molecule has 4 nitrogen and oxygen atoms in total. The fraction of sp³-hybridized carbons (Fsp3) is 0.267. The van der Waals surface area contributed by atoms with Crippen LogP contribution in [-0.2, 0) is 4.74 Å². The van der Waals surface area contributed by atoms with Gasteiger partial charge in [-0.2, -0.15) is 0 Å². The lowest BCUT2D eigenvalue weighted by atomic mass is 10.2. The molecule has 0 unspecified atom stereocenters. The molecule has 100 valence electrons. The maximum absolute atomic E-state index is 12.4. The van der Waals surface area contributed by atoms with E-state index in [0.29, 0.717) is 25.4 Å². The van der Waals surface area contributed by atoms with Gasteiger partial charge in [0.25, 0.3) is 5.91 Å². The van der Waals surface area contributed by atoms with E-state index in [2.05, 4.69) is 11.6 Å². The van der Waals surface area contributed by atoms with Gasteiger partial charge >= 0.3 is 0 Å². The summed E-state index contributed by atoms with van der Waals surface area (Å²) < 4.78 is 5.03. The number of nitrogens with one attached hydrogen (secondary N) is 1. The first kappa shape index (κ1) is 13.4. The Morgan fingerprint density at radius 1 is 1.47 bits per heavy atom. The second kappa shape index (κ2) is 6.20. The molecule has 1 amide bonds. The van der Waals surface area contributed by atoms with Gasteiger partial charge in [-0.3, -0.25) is 4.79 Å². The minimum Gasteiger partial charge on any atom is -0.383 e. The quantitative estimate of drug-likeness (QED) is 0.809. The molecular weight excluding hydrogens is 240 g/mol. The van der Waals surface area contributed by atoms with Crippen LogP contribution in [0.1, 0.15) is 10.5 Å². The number of benzene rings is 1. The van der Waals surface area contributed by atoms with E-state index in [1.807, 2.05) is 30.3 Å². The number of fused-ring (bicyclic) bond motifs is 1. The normalized spacial score (nSPS) is 10.6. The highest BCUT2D eigenvalue weighted by Crippen LogP contribution is 2.16. The highest BCUT2D eigenvalue weighted by Gasteiger charge is 2.16. The Kier molecular flexibility index (Phi) is 4.36. The molecule has 1 aromatic heterocycles. The Bertz CT molecular complexity index is 541. The van der Waals surface area contributed by atoms with Gasteiger partial charge in [0.05, 0.1) is 6.61 Å². The average Bonchev–Trinajstić information content (AvgIpc) is 2.86. The van der Waals surface area contributed by atoms with Crippen molar-refractivity contribution in [3.05, 3.63) is 48.7 Å². The Morgan fingerprint density at radius 3 is 2.95 bits per heavy atom. The summed E-state index contributed by atoms with van der Waals surface area (Å²) >= 11 is 0. The monoisotopic (exact) mass is 258 g/mol. The molecule has 0 saturated heterocycles. The molecule has 0 saturated carbocycles. The van der Waals surface area contributed by atoms with Crippen LogP contribution in [0, 0.1) is 0 Å². The van der Waals surface area contributed by atoms with Crippen LogP contribution in [0.3, 0.4) is 0 Å². The molecule has 0 atom stereocenters. The van der Waals surface area contributed by atoms with Crippen LogP contribution in [0.25, 0.3) is 10.9 Å². The third-order valence-corrected chi connectivity index (χ3v) is 2.96. The van der Waals surface area contributed by atoms with Crippen molar-refractivity contribution in [3.8, 4) is 0 Å². The number of H-pyrrole nitrogens is 1. The number of para-hydroxylation sites is 1. The molecule has 2 aromatic rings. The van der Waals surface area contributed by atoms with Crippen LogP contribution < -0.4 is 0 Å². The Morgan fingerprint density at radius 2 is 2.26 bits per heavy atom. The van der Waals surface area contributed by atoms with Crippen molar-refractivity contribution in [3.63, 3.8) is 0 Å². The largest absolute Gasteiger partial charge is 0.383 e. The van der Waals surface area contributed by atoms with Crippen LogP contribution in [0.5, 0.6) is 0 Å². The topological polar surface area (TPSA) is 45.3 Å². The van der Waals surface area contributed by atoms with Crippen molar-refractivity contribution in [2.75, 3.05) is 26.8 Å². The second-order valence-electron chi connectivity index (χ2n) is 4.30. The van der Waals surface area contributed by atoms with Gasteiger partial charge in [0, 0.05) is 31.1 Å². The molecule has 0 aliphatic heterocycles. The van der Waals surface area contributed by atoms with Gasteiger partial charge in [0.2, 0.25) is 0 Å². The minimum atomic E-state index is -0.0341. The van der Waals surface area contributed by atoms with Crippen LogP contribution in [-0.4, -0.2) is 42.6 Å². The lowest BCUT2D eigenvalue weighted by Gasteiger charge is -2.19. The van der Waals surface area contributed by atoms with Crippen molar-refractivity contribution >= 4 is 16.8 Å². The number of ether oxygens (including phenoxy) is 1. The summed E-state index contributed by atoms with van der Waals surface area (Å²) in [5.74, 6) is -0.0341. The van der Waals surface area contributed by atoms with Crippen molar-refractivity contribution in [2.45, 2.75) is 0 Å². The molecule has 1 heterocycles. The van der Waals surface area contributed by atoms with E-state index in [-0.39, 0.29) is 5.91 Å². The van der Waals surface area contributed by atoms with Crippen LogP contribution >= 0.6 is 0 Å². The SMILES string of the molecule is C=CCN(CCOC)C(=O)c1cc2ccccc2[nH]1. The lowest BCUT2D eigenvalue weighted by Crippen LogP contribution is -2.34. The molecule has 0 fully saturated rings. The van der Waals surface area contributed by atoms with Gasteiger partial charge in [-0.1, -0.05) is 24.3 Å². The molecule has 0 aliphatic rings. The highest BCUT2D eigenvalue weighted by molar-refractivity contribution is 5.98. The van der Waals surface area contributed by atoms with Gasteiger partial charge in [0.15, 0.2) is 0 Å². The zero-order valence-corrected chi connectivity index (χ0v) is 11.1.